The van der Waals surface area contributed by atoms with Gasteiger partial charge >= 0.3 is 0 Å². The molecule has 0 aliphatic carbocycles. The van der Waals surface area contributed by atoms with Crippen LogP contribution in [0.25, 0.3) is 0 Å². The molecule has 0 aliphatic rings. The first kappa shape index (κ1) is 19.2. The molecule has 12 nitrogen and oxygen atoms in total. The molecule has 27 heavy (non-hydrogen) atoms. The highest BCUT2D eigenvalue weighted by molar-refractivity contribution is 5.94. The zero-order chi connectivity index (χ0) is 20.1. The van der Waals surface area contributed by atoms with Crippen molar-refractivity contribution in [1.82, 2.24) is 0 Å². The van der Waals surface area contributed by atoms with Gasteiger partial charge < -0.3 is 10.1 Å². The number of hydrogen-bond acceptors (Lipinski definition) is 8. The van der Waals surface area contributed by atoms with Crippen LogP contribution in [0, 0.1) is 30.3 Å². The Morgan fingerprint density at radius 2 is 1.56 bits per heavy atom. The first-order chi connectivity index (χ1) is 12.7. The normalized spacial score (nSPS) is 10.1. The van der Waals surface area contributed by atoms with Crippen LogP contribution < -0.4 is 10.1 Å². The van der Waals surface area contributed by atoms with Gasteiger partial charge in [-0.05, 0) is 12.1 Å². The molecule has 0 spiro atoms. The topological polar surface area (TPSA) is 168 Å². The van der Waals surface area contributed by atoms with Gasteiger partial charge in [-0.2, -0.15) is 0 Å². The summed E-state index contributed by atoms with van der Waals surface area (Å²) in [5.41, 5.74) is -1.38. The molecule has 0 heterocycles. The summed E-state index contributed by atoms with van der Waals surface area (Å²) in [5.74, 6) is -0.557. The van der Waals surface area contributed by atoms with Crippen molar-refractivity contribution in [3.8, 4) is 5.75 Å². The Balaban J connectivity index is 2.28. The number of rotatable bonds is 7. The maximum atomic E-state index is 12.2. The number of methoxy groups -OCH3 is 1. The summed E-state index contributed by atoms with van der Waals surface area (Å²) in [7, 11) is 1.30. The Bertz CT molecular complexity index is 943. The summed E-state index contributed by atoms with van der Waals surface area (Å²) in [4.78, 5) is 42.7. The number of carbonyl (C=O) groups is 1. The van der Waals surface area contributed by atoms with Gasteiger partial charge in [0.1, 0.15) is 5.75 Å². The SMILES string of the molecule is COc1ccc([N+](=O)[O-])cc1NC(=O)Cc1ccc([N+](=O)[O-])cc1[N+](=O)[O-]. The van der Waals surface area contributed by atoms with Crippen molar-refractivity contribution < 1.29 is 24.3 Å². The molecule has 0 radical (unpaired) electrons. The Hall–Kier alpha value is -4.09. The Kier molecular flexibility index (Phi) is 5.60. The number of nitro benzene ring substituents is 3. The molecule has 0 saturated heterocycles. The number of benzene rings is 2. The fourth-order valence-corrected chi connectivity index (χ4v) is 2.26. The molecule has 0 unspecified atom stereocenters. The number of nitro groups is 3. The van der Waals surface area contributed by atoms with Crippen LogP contribution in [0.5, 0.6) is 5.75 Å². The standard InChI is InChI=1S/C15H12N4O8/c1-27-14-5-4-10(17(21)22)7-12(14)16-15(20)6-9-2-3-11(18(23)24)8-13(9)19(25)26/h2-5,7-8H,6H2,1H3,(H,16,20). The van der Waals surface area contributed by atoms with E-state index in [0.717, 1.165) is 24.3 Å². The van der Waals surface area contributed by atoms with E-state index in [0.29, 0.717) is 0 Å². The third kappa shape index (κ3) is 4.50. The number of carbonyl (C=O) groups excluding carboxylic acids is 1. The molecule has 0 saturated carbocycles. The van der Waals surface area contributed by atoms with Crippen molar-refractivity contribution >= 4 is 28.7 Å². The lowest BCUT2D eigenvalue weighted by Crippen LogP contribution is -2.16. The maximum Gasteiger partial charge on any atom is 0.279 e. The number of ether oxygens (including phenoxy) is 1. The first-order valence-electron chi connectivity index (χ1n) is 7.27. The van der Waals surface area contributed by atoms with Gasteiger partial charge in [0.05, 0.1) is 40.1 Å². The second kappa shape index (κ2) is 7.86. The lowest BCUT2D eigenvalue weighted by molar-refractivity contribution is -0.394. The number of amides is 1. The van der Waals surface area contributed by atoms with Gasteiger partial charge in [0.15, 0.2) is 0 Å². The van der Waals surface area contributed by atoms with Crippen molar-refractivity contribution in [3.05, 3.63) is 72.3 Å². The summed E-state index contributed by atoms with van der Waals surface area (Å²) < 4.78 is 5.01. The third-order valence-electron chi connectivity index (χ3n) is 3.50. The van der Waals surface area contributed by atoms with Crippen LogP contribution in [0.4, 0.5) is 22.7 Å². The number of non-ortho nitro benzene ring substituents is 2. The molecule has 12 heteroatoms. The van der Waals surface area contributed by atoms with Crippen LogP contribution in [-0.4, -0.2) is 27.8 Å². The van der Waals surface area contributed by atoms with Crippen molar-refractivity contribution in [3.63, 3.8) is 0 Å². The summed E-state index contributed by atoms with van der Waals surface area (Å²) >= 11 is 0. The average molecular weight is 376 g/mol. The Morgan fingerprint density at radius 1 is 0.963 bits per heavy atom. The minimum absolute atomic E-state index is 0.0151. The minimum atomic E-state index is -0.830. The highest BCUT2D eigenvalue weighted by atomic mass is 16.6. The molecule has 2 aromatic rings. The molecule has 0 atom stereocenters. The molecule has 0 aromatic heterocycles. The molecule has 2 aromatic carbocycles. The predicted molar refractivity (Wildman–Crippen MR) is 91.7 cm³/mol. The molecule has 140 valence electrons. The lowest BCUT2D eigenvalue weighted by atomic mass is 10.1. The van der Waals surface area contributed by atoms with Crippen molar-refractivity contribution in [2.45, 2.75) is 6.42 Å². The number of anilines is 1. The second-order valence-electron chi connectivity index (χ2n) is 5.19. The van der Waals surface area contributed by atoms with Crippen LogP contribution in [0.15, 0.2) is 36.4 Å². The van der Waals surface area contributed by atoms with E-state index in [2.05, 4.69) is 5.32 Å². The maximum absolute atomic E-state index is 12.2. The summed E-state index contributed by atoms with van der Waals surface area (Å²) in [5, 5.41) is 35.1. The summed E-state index contributed by atoms with van der Waals surface area (Å²) in [6.45, 7) is 0. The molecule has 0 bridgehead atoms. The fourth-order valence-electron chi connectivity index (χ4n) is 2.26. The van der Waals surface area contributed by atoms with Gasteiger partial charge in [0, 0.05) is 23.8 Å². The number of nitrogens with one attached hydrogen (secondary N) is 1. The van der Waals surface area contributed by atoms with E-state index < -0.39 is 38.5 Å². The molecule has 2 rings (SSSR count). The Morgan fingerprint density at radius 3 is 2.11 bits per heavy atom. The van der Waals surface area contributed by atoms with E-state index in [1.165, 1.54) is 19.2 Å². The van der Waals surface area contributed by atoms with Gasteiger partial charge in [-0.3, -0.25) is 35.1 Å². The van der Waals surface area contributed by atoms with E-state index in [-0.39, 0.29) is 22.7 Å². The van der Waals surface area contributed by atoms with Gasteiger partial charge in [-0.25, -0.2) is 0 Å². The molecule has 0 fully saturated rings. The van der Waals surface area contributed by atoms with Crippen LogP contribution >= 0.6 is 0 Å². The zero-order valence-corrected chi connectivity index (χ0v) is 13.8. The Labute approximate surface area is 150 Å². The van der Waals surface area contributed by atoms with Crippen LogP contribution in [0.2, 0.25) is 0 Å². The monoisotopic (exact) mass is 376 g/mol. The van der Waals surface area contributed by atoms with Crippen LogP contribution in [0.3, 0.4) is 0 Å². The summed E-state index contributed by atoms with van der Waals surface area (Å²) in [6.07, 6.45) is -0.472. The van der Waals surface area contributed by atoms with E-state index in [1.807, 2.05) is 0 Å². The lowest BCUT2D eigenvalue weighted by Gasteiger charge is -2.10. The fraction of sp³-hybridized carbons (Fsp3) is 0.133. The average Bonchev–Trinajstić information content (AvgIpc) is 2.61. The van der Waals surface area contributed by atoms with Crippen molar-refractivity contribution in [2.75, 3.05) is 12.4 Å². The third-order valence-corrected chi connectivity index (χ3v) is 3.50. The minimum Gasteiger partial charge on any atom is -0.495 e. The smallest absolute Gasteiger partial charge is 0.279 e. The van der Waals surface area contributed by atoms with E-state index >= 15 is 0 Å². The quantitative estimate of drug-likeness (QED) is 0.568. The van der Waals surface area contributed by atoms with Crippen molar-refractivity contribution in [2.24, 2.45) is 0 Å². The largest absolute Gasteiger partial charge is 0.495 e. The molecule has 1 amide bonds. The number of hydrogen-bond donors (Lipinski definition) is 1. The van der Waals surface area contributed by atoms with E-state index in [4.69, 9.17) is 4.74 Å². The van der Waals surface area contributed by atoms with E-state index in [1.54, 1.807) is 0 Å². The van der Waals surface area contributed by atoms with Gasteiger partial charge in [0.2, 0.25) is 5.91 Å². The first-order valence-corrected chi connectivity index (χ1v) is 7.27. The van der Waals surface area contributed by atoms with Gasteiger partial charge in [0.25, 0.3) is 17.1 Å². The molecular weight excluding hydrogens is 364 g/mol. The van der Waals surface area contributed by atoms with Gasteiger partial charge in [-0.1, -0.05) is 0 Å². The molecular formula is C15H12N4O8. The van der Waals surface area contributed by atoms with Crippen LogP contribution in [0.1, 0.15) is 5.56 Å². The second-order valence-corrected chi connectivity index (χ2v) is 5.19. The zero-order valence-electron chi connectivity index (χ0n) is 13.8. The van der Waals surface area contributed by atoms with Gasteiger partial charge in [-0.15, -0.1) is 0 Å². The van der Waals surface area contributed by atoms with Crippen molar-refractivity contribution in [1.29, 1.82) is 0 Å². The predicted octanol–water partition coefficient (Wildman–Crippen LogP) is 2.60. The van der Waals surface area contributed by atoms with E-state index in [9.17, 15) is 35.1 Å². The van der Waals surface area contributed by atoms with Crippen LogP contribution in [-0.2, 0) is 11.2 Å². The number of nitrogens with zero attached hydrogens (tertiary/aromatic N) is 3. The molecule has 0 aliphatic heterocycles. The highest BCUT2D eigenvalue weighted by Crippen LogP contribution is 2.30. The summed E-state index contributed by atoms with van der Waals surface area (Å²) in [6, 6.07) is 6.49. The highest BCUT2D eigenvalue weighted by Gasteiger charge is 2.22. The molecule has 1 N–H and O–H groups in total.